The lowest BCUT2D eigenvalue weighted by molar-refractivity contribution is 0.0968. The Morgan fingerprint density at radius 1 is 1.45 bits per heavy atom. The average Bonchev–Trinajstić information content (AvgIpc) is 3.12. The molecule has 0 radical (unpaired) electrons. The lowest BCUT2D eigenvalue weighted by Crippen LogP contribution is -2.10. The van der Waals surface area contributed by atoms with Crippen molar-refractivity contribution >= 4 is 5.91 Å². The van der Waals surface area contributed by atoms with Crippen LogP contribution in [0, 0.1) is 11.3 Å². The van der Waals surface area contributed by atoms with E-state index in [-0.39, 0.29) is 17.9 Å². The van der Waals surface area contributed by atoms with Crippen LogP contribution in [0.1, 0.15) is 29.1 Å². The van der Waals surface area contributed by atoms with Crippen molar-refractivity contribution in [2.45, 2.75) is 18.9 Å². The molecule has 0 bridgehead atoms. The van der Waals surface area contributed by atoms with Gasteiger partial charge in [0.2, 0.25) is 0 Å². The molecule has 1 aromatic carbocycles. The zero-order valence-corrected chi connectivity index (χ0v) is 10.4. The highest BCUT2D eigenvalue weighted by atomic mass is 16.5. The third kappa shape index (κ3) is 2.31. The molecule has 0 spiro atoms. The Hall–Kier alpha value is -2.88. The quantitative estimate of drug-likeness (QED) is 0.893. The number of nitrogens with two attached hydrogens (primary N) is 1. The van der Waals surface area contributed by atoms with Gasteiger partial charge in [0.15, 0.2) is 0 Å². The van der Waals surface area contributed by atoms with Crippen molar-refractivity contribution in [3.63, 3.8) is 0 Å². The van der Waals surface area contributed by atoms with Crippen LogP contribution in [-0.4, -0.2) is 22.2 Å². The summed E-state index contributed by atoms with van der Waals surface area (Å²) in [6.45, 7) is 0. The number of carbonyl (C=O) groups excluding carboxylic acids is 1. The summed E-state index contributed by atoms with van der Waals surface area (Å²) in [6, 6.07) is 6.93. The van der Waals surface area contributed by atoms with Crippen LogP contribution in [0.4, 0.5) is 0 Å². The van der Waals surface area contributed by atoms with Crippen LogP contribution in [-0.2, 0) is 0 Å². The van der Waals surface area contributed by atoms with Gasteiger partial charge in [0.1, 0.15) is 5.75 Å². The van der Waals surface area contributed by atoms with E-state index >= 15 is 0 Å². The molecule has 0 saturated heterocycles. The number of hydrogen-bond donors (Lipinski definition) is 1. The number of nitriles is 1. The molecule has 0 unspecified atom stereocenters. The fraction of sp³-hybridized carbons (Fsp3) is 0.231. The normalized spacial score (nSPS) is 13.8. The Morgan fingerprint density at radius 2 is 2.25 bits per heavy atom. The van der Waals surface area contributed by atoms with Gasteiger partial charge in [-0.1, -0.05) is 0 Å². The van der Waals surface area contributed by atoms with Crippen LogP contribution in [0.25, 0.3) is 11.5 Å². The molecule has 1 aliphatic carbocycles. The van der Waals surface area contributed by atoms with Crippen molar-refractivity contribution < 1.29 is 13.9 Å². The first-order valence-corrected chi connectivity index (χ1v) is 6.02. The highest BCUT2D eigenvalue weighted by Crippen LogP contribution is 2.34. The van der Waals surface area contributed by atoms with Crippen LogP contribution in [0.5, 0.6) is 5.75 Å². The maximum atomic E-state index is 11.0. The molecule has 1 fully saturated rings. The largest absolute Gasteiger partial charge is 0.490 e. The molecule has 7 nitrogen and oxygen atoms in total. The Morgan fingerprint density at radius 3 is 2.85 bits per heavy atom. The summed E-state index contributed by atoms with van der Waals surface area (Å²) in [5, 5.41) is 16.3. The zero-order chi connectivity index (χ0) is 14.1. The molecule has 3 rings (SSSR count). The van der Waals surface area contributed by atoms with E-state index in [0.29, 0.717) is 16.9 Å². The molecular weight excluding hydrogens is 260 g/mol. The Labute approximate surface area is 114 Å². The van der Waals surface area contributed by atoms with Gasteiger partial charge in [-0.2, -0.15) is 5.26 Å². The number of amides is 1. The minimum absolute atomic E-state index is 0.103. The predicted octanol–water partition coefficient (Wildman–Crippen LogP) is 1.25. The van der Waals surface area contributed by atoms with E-state index in [1.165, 1.54) is 0 Å². The first-order valence-electron chi connectivity index (χ1n) is 6.02. The molecule has 2 aromatic rings. The number of benzene rings is 1. The van der Waals surface area contributed by atoms with E-state index in [9.17, 15) is 4.79 Å². The average molecular weight is 270 g/mol. The van der Waals surface area contributed by atoms with Crippen molar-refractivity contribution in [2.75, 3.05) is 0 Å². The third-order valence-electron chi connectivity index (χ3n) is 2.79. The van der Waals surface area contributed by atoms with Crippen LogP contribution in [0.3, 0.4) is 0 Å². The summed E-state index contributed by atoms with van der Waals surface area (Å²) in [6.07, 6.45) is 2.17. The van der Waals surface area contributed by atoms with Crippen LogP contribution in [0.2, 0.25) is 0 Å². The van der Waals surface area contributed by atoms with Gasteiger partial charge in [0.25, 0.3) is 5.89 Å². The summed E-state index contributed by atoms with van der Waals surface area (Å²) in [4.78, 5) is 11.0. The Kier molecular flexibility index (Phi) is 2.84. The topological polar surface area (TPSA) is 115 Å². The van der Waals surface area contributed by atoms with Gasteiger partial charge in [-0.25, -0.2) is 0 Å². The van der Waals surface area contributed by atoms with E-state index in [1.807, 2.05) is 6.07 Å². The van der Waals surface area contributed by atoms with Gasteiger partial charge in [-0.3, -0.25) is 4.79 Å². The molecule has 1 amide bonds. The van der Waals surface area contributed by atoms with E-state index < -0.39 is 5.91 Å². The van der Waals surface area contributed by atoms with Gasteiger partial charge in [0.05, 0.1) is 23.3 Å². The van der Waals surface area contributed by atoms with Gasteiger partial charge < -0.3 is 14.9 Å². The maximum absolute atomic E-state index is 11.0. The zero-order valence-electron chi connectivity index (χ0n) is 10.4. The minimum atomic E-state index is -0.801. The molecule has 1 heterocycles. The SMILES string of the molecule is N#Cc1ccc(OC2CC2)c(-c2nnc(C(N)=O)o2)c1. The molecule has 2 N–H and O–H groups in total. The molecule has 0 atom stereocenters. The molecule has 7 heteroatoms. The summed E-state index contributed by atoms with van der Waals surface area (Å²) in [5.74, 6) is -0.428. The fourth-order valence-corrected chi connectivity index (χ4v) is 1.67. The van der Waals surface area contributed by atoms with Crippen molar-refractivity contribution in [3.8, 4) is 23.3 Å². The Balaban J connectivity index is 2.03. The van der Waals surface area contributed by atoms with E-state index in [0.717, 1.165) is 12.8 Å². The number of carbonyl (C=O) groups is 1. The molecule has 1 aliphatic rings. The molecular formula is C13H10N4O3. The number of nitrogens with zero attached hydrogens (tertiary/aromatic N) is 3. The van der Waals surface area contributed by atoms with E-state index in [4.69, 9.17) is 20.1 Å². The fourth-order valence-electron chi connectivity index (χ4n) is 1.67. The monoisotopic (exact) mass is 270 g/mol. The first kappa shape index (κ1) is 12.2. The number of aromatic nitrogens is 2. The van der Waals surface area contributed by atoms with Gasteiger partial charge in [-0.15, -0.1) is 10.2 Å². The number of hydrogen-bond acceptors (Lipinski definition) is 6. The van der Waals surface area contributed by atoms with E-state index in [1.54, 1.807) is 18.2 Å². The number of primary amides is 1. The number of rotatable bonds is 4. The van der Waals surface area contributed by atoms with E-state index in [2.05, 4.69) is 10.2 Å². The highest BCUT2D eigenvalue weighted by molar-refractivity contribution is 5.88. The second-order valence-electron chi connectivity index (χ2n) is 4.42. The van der Waals surface area contributed by atoms with Crippen molar-refractivity contribution in [1.29, 1.82) is 5.26 Å². The van der Waals surface area contributed by atoms with Crippen LogP contribution >= 0.6 is 0 Å². The van der Waals surface area contributed by atoms with Crippen molar-refractivity contribution in [2.24, 2.45) is 5.73 Å². The highest BCUT2D eigenvalue weighted by Gasteiger charge is 2.26. The lowest BCUT2D eigenvalue weighted by atomic mass is 10.1. The van der Waals surface area contributed by atoms with Crippen molar-refractivity contribution in [1.82, 2.24) is 10.2 Å². The van der Waals surface area contributed by atoms with Crippen molar-refractivity contribution in [3.05, 3.63) is 29.7 Å². The number of ether oxygens (including phenoxy) is 1. The molecule has 100 valence electrons. The third-order valence-corrected chi connectivity index (χ3v) is 2.79. The van der Waals surface area contributed by atoms with Crippen LogP contribution < -0.4 is 10.5 Å². The van der Waals surface area contributed by atoms with Gasteiger partial charge in [-0.05, 0) is 31.0 Å². The Bertz CT molecular complexity index is 713. The smallest absolute Gasteiger partial charge is 0.306 e. The van der Waals surface area contributed by atoms with Crippen LogP contribution in [0.15, 0.2) is 22.6 Å². The predicted molar refractivity (Wildman–Crippen MR) is 66.6 cm³/mol. The first-order chi connectivity index (χ1) is 9.67. The standard InChI is InChI=1S/C13H10N4O3/c14-6-7-1-4-10(19-8-2-3-8)9(5-7)12-16-17-13(20-12)11(15)18/h1,4-5,8H,2-3H2,(H2,15,18). The second-order valence-corrected chi connectivity index (χ2v) is 4.42. The lowest BCUT2D eigenvalue weighted by Gasteiger charge is -2.08. The molecule has 1 saturated carbocycles. The summed E-state index contributed by atoms with van der Waals surface area (Å²) < 4.78 is 10.9. The second kappa shape index (κ2) is 4.66. The summed E-state index contributed by atoms with van der Waals surface area (Å²) in [7, 11) is 0. The molecule has 0 aliphatic heterocycles. The maximum Gasteiger partial charge on any atom is 0.306 e. The summed E-state index contributed by atoms with van der Waals surface area (Å²) >= 11 is 0. The molecule has 1 aromatic heterocycles. The summed E-state index contributed by atoms with van der Waals surface area (Å²) in [5.41, 5.74) is 5.99. The van der Waals surface area contributed by atoms with Gasteiger partial charge >= 0.3 is 11.8 Å². The molecule has 20 heavy (non-hydrogen) atoms. The minimum Gasteiger partial charge on any atom is -0.490 e. The van der Waals surface area contributed by atoms with Gasteiger partial charge in [0, 0.05) is 0 Å².